The number of nitrogen functional groups attached to an aromatic ring is 1. The molecule has 13 heteroatoms. The summed E-state index contributed by atoms with van der Waals surface area (Å²) < 4.78 is 3.57. The molecule has 0 fully saturated rings. The molecule has 49 heavy (non-hydrogen) atoms. The number of fused-ring (bicyclic) bond motifs is 2. The minimum atomic E-state index is -0.328. The second kappa shape index (κ2) is 14.4. The lowest BCUT2D eigenvalue weighted by atomic mass is 9.88. The van der Waals surface area contributed by atoms with Gasteiger partial charge >= 0.3 is 0 Å². The van der Waals surface area contributed by atoms with Crippen LogP contribution >= 0.6 is 0 Å². The second-order valence-corrected chi connectivity index (χ2v) is 12.2. The molecule has 4 aromatic heterocycles. The summed E-state index contributed by atoms with van der Waals surface area (Å²) in [6, 6.07) is 22.1. The lowest BCUT2D eigenvalue weighted by Crippen LogP contribution is -2.40. The van der Waals surface area contributed by atoms with Crippen LogP contribution in [0.25, 0.3) is 11.2 Å². The molecule has 1 unspecified atom stereocenters. The lowest BCUT2D eigenvalue weighted by Gasteiger charge is -2.37. The summed E-state index contributed by atoms with van der Waals surface area (Å²) in [6.45, 7) is 2.02. The van der Waals surface area contributed by atoms with E-state index in [0.717, 1.165) is 31.4 Å². The number of aryl methyl sites for hydroxylation is 2. The average Bonchev–Trinajstić information content (AvgIpc) is 3.78. The summed E-state index contributed by atoms with van der Waals surface area (Å²) in [6.07, 6.45) is 10.6. The first-order valence-electron chi connectivity index (χ1n) is 16.5. The number of carbonyl (C=O) groups excluding carboxylic acids is 2. The van der Waals surface area contributed by atoms with Crippen molar-refractivity contribution in [3.05, 3.63) is 125 Å². The Kier molecular flexibility index (Phi) is 9.30. The second-order valence-electron chi connectivity index (χ2n) is 12.2. The summed E-state index contributed by atoms with van der Waals surface area (Å²) in [5.74, 6) is -0.0854. The molecule has 2 amide bonds. The third-order valence-electron chi connectivity index (χ3n) is 8.90. The molecular weight excluding hydrogens is 618 g/mol. The zero-order valence-corrected chi connectivity index (χ0v) is 27.0. The number of aromatic nitrogens is 8. The Balaban J connectivity index is 0.939. The van der Waals surface area contributed by atoms with Crippen LogP contribution in [0.3, 0.4) is 0 Å². The summed E-state index contributed by atoms with van der Waals surface area (Å²) in [7, 11) is 0. The molecule has 0 saturated heterocycles. The molecule has 0 spiro atoms. The van der Waals surface area contributed by atoms with E-state index < -0.39 is 0 Å². The van der Waals surface area contributed by atoms with Gasteiger partial charge in [0, 0.05) is 31.4 Å². The van der Waals surface area contributed by atoms with Crippen molar-refractivity contribution in [2.24, 2.45) is 0 Å². The number of carbonyl (C=O) groups is 2. The first-order chi connectivity index (χ1) is 24.0. The third kappa shape index (κ3) is 7.15. The SMILES string of the molecule is Nc1ncnc2c1ncn2Cc1cn(CCCNC(=O)c2cc(C(=O)N3CCc4ccccc4C3CCCc3ccccc3)ccn2)nn1. The van der Waals surface area contributed by atoms with Crippen LogP contribution in [-0.4, -0.2) is 69.3 Å². The van der Waals surface area contributed by atoms with Crippen LogP contribution < -0.4 is 11.1 Å². The number of pyridine rings is 1. The van der Waals surface area contributed by atoms with E-state index in [4.69, 9.17) is 5.73 Å². The van der Waals surface area contributed by atoms with E-state index in [1.807, 2.05) is 27.8 Å². The molecule has 13 nitrogen and oxygen atoms in total. The molecule has 0 aliphatic carbocycles. The Morgan fingerprint density at radius 3 is 2.71 bits per heavy atom. The number of rotatable bonds is 12. The lowest BCUT2D eigenvalue weighted by molar-refractivity contribution is 0.0648. The Hall–Kier alpha value is -5.98. The van der Waals surface area contributed by atoms with Gasteiger partial charge in [0.1, 0.15) is 23.2 Å². The Labute approximate surface area is 283 Å². The smallest absolute Gasteiger partial charge is 0.269 e. The van der Waals surface area contributed by atoms with Crippen LogP contribution in [0.15, 0.2) is 91.8 Å². The van der Waals surface area contributed by atoms with E-state index in [1.165, 1.54) is 29.2 Å². The monoisotopic (exact) mass is 655 g/mol. The maximum Gasteiger partial charge on any atom is 0.269 e. The van der Waals surface area contributed by atoms with Crippen molar-refractivity contribution < 1.29 is 9.59 Å². The summed E-state index contributed by atoms with van der Waals surface area (Å²) >= 11 is 0. The van der Waals surface area contributed by atoms with Gasteiger partial charge in [-0.2, -0.15) is 0 Å². The van der Waals surface area contributed by atoms with Crippen molar-refractivity contribution in [1.82, 2.24) is 49.7 Å². The number of hydrogen-bond donors (Lipinski definition) is 2. The predicted octanol–water partition coefficient (Wildman–Crippen LogP) is 4.03. The highest BCUT2D eigenvalue weighted by atomic mass is 16.2. The highest BCUT2D eigenvalue weighted by molar-refractivity contribution is 5.98. The van der Waals surface area contributed by atoms with Gasteiger partial charge in [0.05, 0.1) is 25.1 Å². The fourth-order valence-corrected chi connectivity index (χ4v) is 6.45. The van der Waals surface area contributed by atoms with Crippen molar-refractivity contribution in [3.8, 4) is 0 Å². The molecule has 1 atom stereocenters. The fraction of sp³-hybridized carbons (Fsp3) is 0.278. The normalized spacial score (nSPS) is 14.1. The van der Waals surface area contributed by atoms with Crippen LogP contribution in [0.5, 0.6) is 0 Å². The van der Waals surface area contributed by atoms with Crippen molar-refractivity contribution >= 4 is 28.8 Å². The summed E-state index contributed by atoms with van der Waals surface area (Å²) in [5.41, 5.74) is 12.3. The minimum absolute atomic E-state index is 0.0315. The zero-order valence-electron chi connectivity index (χ0n) is 27.0. The maximum absolute atomic E-state index is 14.0. The summed E-state index contributed by atoms with van der Waals surface area (Å²) in [5, 5.41) is 11.4. The molecule has 3 N–H and O–H groups in total. The molecule has 2 aromatic carbocycles. The van der Waals surface area contributed by atoms with Crippen molar-refractivity contribution in [1.29, 1.82) is 0 Å². The van der Waals surface area contributed by atoms with E-state index in [1.54, 1.807) is 23.1 Å². The van der Waals surface area contributed by atoms with Gasteiger partial charge in [-0.25, -0.2) is 15.0 Å². The largest absolute Gasteiger partial charge is 0.382 e. The number of nitrogens with one attached hydrogen (secondary N) is 1. The Bertz CT molecular complexity index is 2070. The van der Waals surface area contributed by atoms with Gasteiger partial charge in [0.15, 0.2) is 11.5 Å². The third-order valence-corrected chi connectivity index (χ3v) is 8.90. The predicted molar refractivity (Wildman–Crippen MR) is 183 cm³/mol. The number of amides is 2. The van der Waals surface area contributed by atoms with E-state index in [-0.39, 0.29) is 23.6 Å². The highest BCUT2D eigenvalue weighted by Gasteiger charge is 2.31. The van der Waals surface area contributed by atoms with Gasteiger partial charge < -0.3 is 20.5 Å². The van der Waals surface area contributed by atoms with Crippen LogP contribution in [0.4, 0.5) is 5.82 Å². The molecule has 6 aromatic rings. The van der Waals surface area contributed by atoms with Gasteiger partial charge in [-0.15, -0.1) is 5.10 Å². The molecule has 7 rings (SSSR count). The van der Waals surface area contributed by atoms with Crippen LogP contribution in [-0.2, 0) is 25.9 Å². The average molecular weight is 656 g/mol. The van der Waals surface area contributed by atoms with E-state index in [0.29, 0.717) is 55.1 Å². The fourth-order valence-electron chi connectivity index (χ4n) is 6.45. The van der Waals surface area contributed by atoms with Crippen molar-refractivity contribution in [2.75, 3.05) is 18.8 Å². The van der Waals surface area contributed by atoms with Crippen molar-refractivity contribution in [3.63, 3.8) is 0 Å². The summed E-state index contributed by atoms with van der Waals surface area (Å²) in [4.78, 5) is 45.8. The molecule has 0 saturated carbocycles. The first-order valence-corrected chi connectivity index (χ1v) is 16.5. The molecule has 1 aliphatic rings. The van der Waals surface area contributed by atoms with Crippen LogP contribution in [0.1, 0.15) is 68.5 Å². The number of benzene rings is 2. The van der Waals surface area contributed by atoms with Crippen molar-refractivity contribution in [2.45, 2.75) is 51.2 Å². The highest BCUT2D eigenvalue weighted by Crippen LogP contribution is 2.34. The number of imidazole rings is 1. The zero-order chi connectivity index (χ0) is 33.6. The van der Waals surface area contributed by atoms with Gasteiger partial charge in [-0.05, 0) is 60.9 Å². The quantitative estimate of drug-likeness (QED) is 0.185. The Morgan fingerprint density at radius 1 is 0.959 bits per heavy atom. The molecule has 0 bridgehead atoms. The molecule has 5 heterocycles. The number of nitrogens with two attached hydrogens (primary N) is 1. The van der Waals surface area contributed by atoms with Gasteiger partial charge in [-0.3, -0.25) is 19.3 Å². The molecule has 1 aliphatic heterocycles. The van der Waals surface area contributed by atoms with E-state index in [2.05, 4.69) is 78.0 Å². The number of nitrogens with zero attached hydrogens (tertiary/aromatic N) is 9. The minimum Gasteiger partial charge on any atom is -0.382 e. The maximum atomic E-state index is 14.0. The van der Waals surface area contributed by atoms with Crippen LogP contribution in [0.2, 0.25) is 0 Å². The number of anilines is 1. The van der Waals surface area contributed by atoms with E-state index in [9.17, 15) is 9.59 Å². The first kappa shape index (κ1) is 31.6. The Morgan fingerprint density at radius 2 is 1.82 bits per heavy atom. The topological polar surface area (TPSA) is 163 Å². The standard InChI is InChI=1S/C36H37N11O2/c37-33-32-34(41-23-40-33)45(24-42-32)21-28-22-46(44-43-28)18-7-16-39-35(48)30-20-27(14-17-38-30)36(49)47-19-15-26-11-4-5-12-29(26)31(47)13-6-10-25-8-2-1-3-9-25/h1-5,8-9,11-12,14,17,20,22-24,31H,6-7,10,13,15-16,18-19,21H2,(H,39,48)(H2,37,40,41). The molecular formula is C36H37N11O2. The number of hydrogen-bond acceptors (Lipinski definition) is 9. The molecule has 0 radical (unpaired) electrons. The van der Waals surface area contributed by atoms with Crippen LogP contribution in [0, 0.1) is 0 Å². The van der Waals surface area contributed by atoms with Gasteiger partial charge in [-0.1, -0.05) is 59.8 Å². The molecule has 248 valence electrons. The van der Waals surface area contributed by atoms with Gasteiger partial charge in [0.25, 0.3) is 11.8 Å². The van der Waals surface area contributed by atoms with Gasteiger partial charge in [0.2, 0.25) is 0 Å². The van der Waals surface area contributed by atoms with E-state index >= 15 is 0 Å².